The average Bonchev–Trinajstić information content (AvgIpc) is 3.85. The van der Waals surface area contributed by atoms with E-state index < -0.39 is 0 Å². The van der Waals surface area contributed by atoms with Crippen LogP contribution in [0.3, 0.4) is 0 Å². The summed E-state index contributed by atoms with van der Waals surface area (Å²) in [7, 11) is 0. The molecule has 11 aromatic rings. The van der Waals surface area contributed by atoms with Gasteiger partial charge in [0.15, 0.2) is 11.2 Å². The van der Waals surface area contributed by atoms with E-state index in [-0.39, 0.29) is 0 Å². The molecule has 0 aliphatic carbocycles. The van der Waals surface area contributed by atoms with Gasteiger partial charge in [-0.25, -0.2) is 9.97 Å². The van der Waals surface area contributed by atoms with Gasteiger partial charge in [-0.2, -0.15) is 0 Å². The number of pyridine rings is 2. The van der Waals surface area contributed by atoms with E-state index in [2.05, 4.69) is 167 Å². The lowest BCUT2D eigenvalue weighted by Gasteiger charge is -2.08. The SMILES string of the molecule is c1ccc(-n2c3ccccc3c3cc(-c4cnc5c(c4)oc4cc(-c6ccc7c(c6)c6ccccc6n7-c6ccccc6)cnc45)ccc32)cc1. The molecule has 5 aromatic heterocycles. The minimum absolute atomic E-state index is 0.723. The lowest BCUT2D eigenvalue weighted by Crippen LogP contribution is -1.92. The maximum atomic E-state index is 6.48. The van der Waals surface area contributed by atoms with Crippen LogP contribution in [0.2, 0.25) is 0 Å². The Balaban J connectivity index is 1.01. The van der Waals surface area contributed by atoms with E-state index in [9.17, 15) is 0 Å². The Bertz CT molecular complexity index is 2920. The molecule has 11 rings (SSSR count). The van der Waals surface area contributed by atoms with Crippen LogP contribution < -0.4 is 0 Å². The van der Waals surface area contributed by atoms with Crippen LogP contribution in [0.4, 0.5) is 0 Å². The van der Waals surface area contributed by atoms with Gasteiger partial charge in [-0.15, -0.1) is 0 Å². The molecule has 5 nitrogen and oxygen atoms in total. The predicted molar refractivity (Wildman–Crippen MR) is 209 cm³/mol. The third kappa shape index (κ3) is 4.22. The van der Waals surface area contributed by atoms with Gasteiger partial charge >= 0.3 is 0 Å². The van der Waals surface area contributed by atoms with Gasteiger partial charge in [0, 0.05) is 56.4 Å². The first-order valence-electron chi connectivity index (χ1n) is 17.1. The molecule has 0 atom stereocenters. The summed E-state index contributed by atoms with van der Waals surface area (Å²) < 4.78 is 11.1. The van der Waals surface area contributed by atoms with E-state index in [0.717, 1.165) is 55.8 Å². The summed E-state index contributed by atoms with van der Waals surface area (Å²) in [6.45, 7) is 0. The summed E-state index contributed by atoms with van der Waals surface area (Å²) in [4.78, 5) is 9.77. The van der Waals surface area contributed by atoms with Crippen molar-refractivity contribution >= 4 is 65.8 Å². The standard InChI is InChI=1S/C46H28N4O/c1-3-11-33(12-4-1)49-39-17-9-7-15-35(39)37-23-29(19-21-41(37)49)31-25-43-45(47-27-31)46-44(51-43)26-32(28-48-46)30-20-22-42-38(24-30)36-16-8-10-18-40(36)50(42)34-13-5-2-6-14-34/h1-28H. The van der Waals surface area contributed by atoms with Crippen LogP contribution in [0.25, 0.3) is 99.4 Å². The van der Waals surface area contributed by atoms with Gasteiger partial charge in [0.25, 0.3) is 0 Å². The second-order valence-corrected chi connectivity index (χ2v) is 13.1. The van der Waals surface area contributed by atoms with Gasteiger partial charge in [0.05, 0.1) is 22.1 Å². The fourth-order valence-corrected chi connectivity index (χ4v) is 7.85. The Morgan fingerprint density at radius 1 is 0.353 bits per heavy atom. The zero-order valence-corrected chi connectivity index (χ0v) is 27.4. The highest BCUT2D eigenvalue weighted by Gasteiger charge is 2.17. The molecule has 0 spiro atoms. The molecular formula is C46H28N4O. The van der Waals surface area contributed by atoms with Gasteiger partial charge in [0.2, 0.25) is 0 Å². The number of para-hydroxylation sites is 4. The number of furan rings is 1. The maximum absolute atomic E-state index is 6.48. The van der Waals surface area contributed by atoms with E-state index in [1.165, 1.54) is 43.6 Å². The van der Waals surface area contributed by atoms with Gasteiger partial charge in [-0.05, 0) is 83.9 Å². The van der Waals surface area contributed by atoms with Crippen molar-refractivity contribution in [2.24, 2.45) is 0 Å². The molecule has 0 aliphatic heterocycles. The van der Waals surface area contributed by atoms with Gasteiger partial charge in [0.1, 0.15) is 11.0 Å². The fourth-order valence-electron chi connectivity index (χ4n) is 7.85. The molecule has 0 aliphatic rings. The second-order valence-electron chi connectivity index (χ2n) is 13.1. The first-order chi connectivity index (χ1) is 25.3. The third-order valence-corrected chi connectivity index (χ3v) is 10.2. The van der Waals surface area contributed by atoms with E-state index >= 15 is 0 Å². The Labute approximate surface area is 292 Å². The maximum Gasteiger partial charge on any atom is 0.156 e. The molecule has 0 saturated carbocycles. The zero-order valence-electron chi connectivity index (χ0n) is 27.4. The number of nitrogens with zero attached hydrogens (tertiary/aromatic N) is 4. The highest BCUT2D eigenvalue weighted by atomic mass is 16.3. The molecule has 5 heteroatoms. The smallest absolute Gasteiger partial charge is 0.156 e. The summed E-state index contributed by atoms with van der Waals surface area (Å²) >= 11 is 0. The van der Waals surface area contributed by atoms with Crippen molar-refractivity contribution in [3.05, 3.63) is 170 Å². The van der Waals surface area contributed by atoms with Crippen molar-refractivity contribution in [3.63, 3.8) is 0 Å². The Hall–Kier alpha value is -6.98. The molecule has 51 heavy (non-hydrogen) atoms. The third-order valence-electron chi connectivity index (χ3n) is 10.2. The largest absolute Gasteiger partial charge is 0.453 e. The van der Waals surface area contributed by atoms with Crippen molar-refractivity contribution in [2.75, 3.05) is 0 Å². The van der Waals surface area contributed by atoms with Crippen LogP contribution in [0.15, 0.2) is 175 Å². The normalized spacial score (nSPS) is 11.9. The van der Waals surface area contributed by atoms with E-state index in [1.807, 2.05) is 12.4 Å². The van der Waals surface area contributed by atoms with Crippen molar-refractivity contribution in [2.45, 2.75) is 0 Å². The van der Waals surface area contributed by atoms with Crippen LogP contribution in [0.5, 0.6) is 0 Å². The number of aromatic nitrogens is 4. The van der Waals surface area contributed by atoms with Gasteiger partial charge in [-0.1, -0.05) is 84.9 Å². The van der Waals surface area contributed by atoms with Crippen molar-refractivity contribution in [1.29, 1.82) is 0 Å². The lowest BCUT2D eigenvalue weighted by molar-refractivity contribution is 0.667. The number of fused-ring (bicyclic) bond motifs is 9. The molecule has 0 saturated heterocycles. The fraction of sp³-hybridized carbons (Fsp3) is 0. The first kappa shape index (κ1) is 27.9. The number of hydrogen-bond donors (Lipinski definition) is 0. The number of rotatable bonds is 4. The molecule has 0 unspecified atom stereocenters. The van der Waals surface area contributed by atoms with Gasteiger partial charge in [-0.3, -0.25) is 0 Å². The summed E-state index contributed by atoms with van der Waals surface area (Å²) in [6.07, 6.45) is 3.86. The summed E-state index contributed by atoms with van der Waals surface area (Å²) in [5, 5.41) is 4.84. The van der Waals surface area contributed by atoms with Crippen molar-refractivity contribution in [3.8, 4) is 33.6 Å². The minimum atomic E-state index is 0.723. The number of benzene rings is 6. The quantitative estimate of drug-likeness (QED) is 0.190. The van der Waals surface area contributed by atoms with Crippen molar-refractivity contribution in [1.82, 2.24) is 19.1 Å². The topological polar surface area (TPSA) is 48.8 Å². The zero-order chi connectivity index (χ0) is 33.5. The van der Waals surface area contributed by atoms with Gasteiger partial charge < -0.3 is 13.6 Å². The van der Waals surface area contributed by atoms with E-state index in [0.29, 0.717) is 0 Å². The van der Waals surface area contributed by atoms with Crippen LogP contribution in [-0.4, -0.2) is 19.1 Å². The molecule has 0 N–H and O–H groups in total. The monoisotopic (exact) mass is 652 g/mol. The molecular weight excluding hydrogens is 625 g/mol. The van der Waals surface area contributed by atoms with E-state index in [1.54, 1.807) is 0 Å². The summed E-state index contributed by atoms with van der Waals surface area (Å²) in [5.74, 6) is 0. The first-order valence-corrected chi connectivity index (χ1v) is 17.1. The number of hydrogen-bond acceptors (Lipinski definition) is 3. The summed E-state index contributed by atoms with van der Waals surface area (Å²) in [6, 6.07) is 55.7. The lowest BCUT2D eigenvalue weighted by atomic mass is 10.0. The Morgan fingerprint density at radius 2 is 0.765 bits per heavy atom. The highest BCUT2D eigenvalue weighted by molar-refractivity contribution is 6.12. The van der Waals surface area contributed by atoms with Crippen LogP contribution >= 0.6 is 0 Å². The van der Waals surface area contributed by atoms with Crippen LogP contribution in [-0.2, 0) is 0 Å². The Kier molecular flexibility index (Phi) is 5.89. The Morgan fingerprint density at radius 3 is 1.24 bits per heavy atom. The molecule has 0 fully saturated rings. The second kappa shape index (κ2) is 10.8. The average molecular weight is 653 g/mol. The van der Waals surface area contributed by atoms with Crippen LogP contribution in [0.1, 0.15) is 0 Å². The van der Waals surface area contributed by atoms with Crippen molar-refractivity contribution < 1.29 is 4.42 Å². The molecule has 6 aromatic carbocycles. The molecule has 0 amide bonds. The van der Waals surface area contributed by atoms with Crippen LogP contribution in [0, 0.1) is 0 Å². The predicted octanol–water partition coefficient (Wildman–Crippen LogP) is 11.9. The molecule has 5 heterocycles. The highest BCUT2D eigenvalue weighted by Crippen LogP contribution is 2.38. The molecule has 0 radical (unpaired) electrons. The summed E-state index contributed by atoms with van der Waals surface area (Å²) in [5.41, 5.74) is 14.2. The van der Waals surface area contributed by atoms with E-state index in [4.69, 9.17) is 14.4 Å². The molecule has 0 bridgehead atoms. The molecule has 238 valence electrons. The minimum Gasteiger partial charge on any atom is -0.453 e.